The van der Waals surface area contributed by atoms with Gasteiger partial charge in [-0.3, -0.25) is 9.69 Å². The summed E-state index contributed by atoms with van der Waals surface area (Å²) in [5, 5.41) is 0.625. The Balaban J connectivity index is 1.70. The molecule has 1 saturated heterocycles. The molecule has 0 aliphatic carbocycles. The number of halogens is 1. The van der Waals surface area contributed by atoms with Gasteiger partial charge in [0.1, 0.15) is 10.3 Å². The van der Waals surface area contributed by atoms with Gasteiger partial charge in [0.15, 0.2) is 5.13 Å². The second kappa shape index (κ2) is 10.8. The number of sulfonamides is 1. The molecule has 1 atom stereocenters. The zero-order valence-electron chi connectivity index (χ0n) is 20.5. The molecule has 190 valence electrons. The van der Waals surface area contributed by atoms with Crippen molar-refractivity contribution >= 4 is 65.6 Å². The summed E-state index contributed by atoms with van der Waals surface area (Å²) in [5.74, 6) is -0.205. The van der Waals surface area contributed by atoms with E-state index in [9.17, 15) is 13.2 Å². The molecule has 1 aliphatic rings. The number of amides is 1. The Morgan fingerprint density at radius 3 is 2.63 bits per heavy atom. The minimum absolute atomic E-state index is 0.174. The maximum Gasteiger partial charge on any atom is 0.253 e. The minimum Gasteiger partial charge on any atom is -0.309 e. The van der Waals surface area contributed by atoms with Crippen LogP contribution in [0.25, 0.3) is 10.2 Å². The number of piperidine rings is 1. The number of hydrogen-bond acceptors (Lipinski definition) is 7. The monoisotopic (exact) mass is 554 g/mol. The number of anilines is 1. The maximum atomic E-state index is 14.0. The largest absolute Gasteiger partial charge is 0.309 e. The molecule has 2 aromatic heterocycles. The Bertz CT molecular complexity index is 1320. The highest BCUT2D eigenvalue weighted by atomic mass is 35.5. The topological polar surface area (TPSA) is 73.8 Å². The number of carbonyl (C=O) groups excluding carboxylic acids is 1. The number of rotatable bonds is 8. The normalized spacial score (nSPS) is 17.4. The van der Waals surface area contributed by atoms with Crippen molar-refractivity contribution in [3.63, 3.8) is 0 Å². The number of thiophene rings is 1. The average Bonchev–Trinajstić information content (AvgIpc) is 3.43. The number of benzene rings is 1. The van der Waals surface area contributed by atoms with Crippen LogP contribution in [0.1, 0.15) is 36.8 Å². The van der Waals surface area contributed by atoms with Crippen molar-refractivity contribution < 1.29 is 13.2 Å². The molecule has 0 saturated carbocycles. The lowest BCUT2D eigenvalue weighted by molar-refractivity contribution is -0.123. The van der Waals surface area contributed by atoms with E-state index in [1.165, 1.54) is 21.7 Å². The van der Waals surface area contributed by atoms with E-state index < -0.39 is 16.1 Å². The van der Waals surface area contributed by atoms with Crippen molar-refractivity contribution in [1.29, 1.82) is 0 Å². The van der Waals surface area contributed by atoms with Crippen LogP contribution in [0, 0.1) is 13.8 Å². The van der Waals surface area contributed by atoms with Gasteiger partial charge in [-0.2, -0.15) is 4.31 Å². The fourth-order valence-electron chi connectivity index (χ4n) is 4.49. The van der Waals surface area contributed by atoms with Gasteiger partial charge in [-0.05, 0) is 83.1 Å². The van der Waals surface area contributed by atoms with Crippen LogP contribution in [-0.4, -0.2) is 68.3 Å². The van der Waals surface area contributed by atoms with E-state index in [4.69, 9.17) is 16.6 Å². The predicted molar refractivity (Wildman–Crippen MR) is 145 cm³/mol. The molecule has 1 fully saturated rings. The molecule has 11 heteroatoms. The summed E-state index contributed by atoms with van der Waals surface area (Å²) in [6.45, 7) is 5.68. The molecule has 7 nitrogen and oxygen atoms in total. The molecule has 0 radical (unpaired) electrons. The third-order valence-corrected chi connectivity index (χ3v) is 10.8. The average molecular weight is 555 g/mol. The molecule has 4 rings (SSSR count). The number of aromatic nitrogens is 1. The van der Waals surface area contributed by atoms with Gasteiger partial charge < -0.3 is 4.90 Å². The number of hydrogen-bond donors (Lipinski definition) is 0. The van der Waals surface area contributed by atoms with Crippen LogP contribution in [0.15, 0.2) is 28.5 Å². The summed E-state index contributed by atoms with van der Waals surface area (Å²) in [6.07, 6.45) is 2.77. The van der Waals surface area contributed by atoms with Gasteiger partial charge in [0.2, 0.25) is 5.91 Å². The van der Waals surface area contributed by atoms with E-state index in [0.29, 0.717) is 29.0 Å². The first-order valence-electron chi connectivity index (χ1n) is 11.7. The molecular formula is C24H31ClN4O3S3. The first-order valence-corrected chi connectivity index (χ1v) is 15.1. The van der Waals surface area contributed by atoms with Crippen LogP contribution in [-0.2, 0) is 14.8 Å². The second-order valence-corrected chi connectivity index (χ2v) is 14.1. The summed E-state index contributed by atoms with van der Waals surface area (Å²) >= 11 is 8.54. The third-order valence-electron chi connectivity index (χ3n) is 6.15. The molecule has 0 bridgehead atoms. The number of fused-ring (bicyclic) bond motifs is 1. The Labute approximate surface area is 220 Å². The van der Waals surface area contributed by atoms with Crippen LogP contribution in [0.2, 0.25) is 4.34 Å². The quantitative estimate of drug-likeness (QED) is 0.385. The highest BCUT2D eigenvalue weighted by Gasteiger charge is 2.41. The summed E-state index contributed by atoms with van der Waals surface area (Å²) in [4.78, 5) is 22.7. The van der Waals surface area contributed by atoms with Gasteiger partial charge in [-0.1, -0.05) is 35.4 Å². The molecule has 3 heterocycles. The molecule has 3 aromatic rings. The van der Waals surface area contributed by atoms with E-state index in [0.717, 1.165) is 58.5 Å². The van der Waals surface area contributed by atoms with Crippen molar-refractivity contribution in [1.82, 2.24) is 14.2 Å². The van der Waals surface area contributed by atoms with Gasteiger partial charge in [0.05, 0.1) is 14.6 Å². The molecule has 1 unspecified atom stereocenters. The standard InChI is InChI=1S/C24H31ClN4O3S3/c1-16-14-17(2)22-19(15-16)33-24(26-22)28(12-7-11-27(3)4)23(30)18-8-5-6-13-29(18)35(31,32)21-10-9-20(25)34-21/h9-10,14-15,18H,5-8,11-13H2,1-4H3. The molecular weight excluding hydrogens is 524 g/mol. The number of nitrogens with zero attached hydrogens (tertiary/aromatic N) is 4. The molecule has 0 spiro atoms. The first kappa shape index (κ1) is 26.5. The molecule has 0 N–H and O–H groups in total. The van der Waals surface area contributed by atoms with Crippen molar-refractivity contribution in [2.24, 2.45) is 0 Å². The Hall–Kier alpha value is -1.56. The summed E-state index contributed by atoms with van der Waals surface area (Å²) in [7, 11) is 0.168. The summed E-state index contributed by atoms with van der Waals surface area (Å²) in [6, 6.07) is 6.52. The zero-order chi connectivity index (χ0) is 25.3. The van der Waals surface area contributed by atoms with Crippen LogP contribution in [0.3, 0.4) is 0 Å². The van der Waals surface area contributed by atoms with E-state index in [1.807, 2.05) is 27.9 Å². The lowest BCUT2D eigenvalue weighted by Crippen LogP contribution is -2.53. The lowest BCUT2D eigenvalue weighted by Gasteiger charge is -2.36. The highest BCUT2D eigenvalue weighted by Crippen LogP contribution is 2.35. The first-order chi connectivity index (χ1) is 16.6. The second-order valence-electron chi connectivity index (χ2n) is 9.26. The van der Waals surface area contributed by atoms with Crippen molar-refractivity contribution in [3.05, 3.63) is 39.7 Å². The fraction of sp³-hybridized carbons (Fsp3) is 0.500. The van der Waals surface area contributed by atoms with E-state index in [-0.39, 0.29) is 10.1 Å². The van der Waals surface area contributed by atoms with Crippen LogP contribution < -0.4 is 4.90 Å². The number of aryl methyl sites for hydroxylation is 2. The lowest BCUT2D eigenvalue weighted by atomic mass is 10.0. The van der Waals surface area contributed by atoms with Gasteiger partial charge in [-0.25, -0.2) is 13.4 Å². The maximum absolute atomic E-state index is 14.0. The molecule has 35 heavy (non-hydrogen) atoms. The summed E-state index contributed by atoms with van der Waals surface area (Å²) in [5.41, 5.74) is 3.11. The zero-order valence-corrected chi connectivity index (χ0v) is 23.7. The van der Waals surface area contributed by atoms with Gasteiger partial charge in [-0.15, -0.1) is 11.3 Å². The van der Waals surface area contributed by atoms with Crippen molar-refractivity contribution in [2.75, 3.05) is 38.6 Å². The van der Waals surface area contributed by atoms with E-state index in [1.54, 1.807) is 11.0 Å². The Morgan fingerprint density at radius 1 is 1.17 bits per heavy atom. The van der Waals surface area contributed by atoms with Crippen LogP contribution in [0.5, 0.6) is 0 Å². The number of thiazole rings is 1. The highest BCUT2D eigenvalue weighted by molar-refractivity contribution is 7.91. The number of carbonyl (C=O) groups is 1. The SMILES string of the molecule is Cc1cc(C)c2nc(N(CCCN(C)C)C(=O)C3CCCCN3S(=O)(=O)c3ccc(Cl)s3)sc2c1. The van der Waals surface area contributed by atoms with E-state index in [2.05, 4.69) is 17.0 Å². The molecule has 1 amide bonds. The van der Waals surface area contributed by atoms with Gasteiger partial charge in [0.25, 0.3) is 10.0 Å². The predicted octanol–water partition coefficient (Wildman–Crippen LogP) is 5.16. The third kappa shape index (κ3) is 5.73. The Morgan fingerprint density at radius 2 is 1.94 bits per heavy atom. The minimum atomic E-state index is -3.83. The van der Waals surface area contributed by atoms with E-state index >= 15 is 0 Å². The van der Waals surface area contributed by atoms with Crippen LogP contribution in [0.4, 0.5) is 5.13 Å². The Kier molecular flexibility index (Phi) is 8.19. The van der Waals surface area contributed by atoms with Crippen molar-refractivity contribution in [2.45, 2.75) is 49.8 Å². The molecule has 1 aromatic carbocycles. The smallest absolute Gasteiger partial charge is 0.253 e. The van der Waals surface area contributed by atoms with Gasteiger partial charge in [0, 0.05) is 13.1 Å². The summed E-state index contributed by atoms with van der Waals surface area (Å²) < 4.78 is 30.0. The fourth-order valence-corrected chi connectivity index (χ4v) is 8.93. The molecule has 1 aliphatic heterocycles. The van der Waals surface area contributed by atoms with Crippen LogP contribution >= 0.6 is 34.3 Å². The van der Waals surface area contributed by atoms with Gasteiger partial charge >= 0.3 is 0 Å². The van der Waals surface area contributed by atoms with Crippen molar-refractivity contribution in [3.8, 4) is 0 Å².